The summed E-state index contributed by atoms with van der Waals surface area (Å²) < 4.78 is 1.56. The van der Waals surface area contributed by atoms with E-state index >= 15 is 0 Å². The number of fused-ring (bicyclic) bond motifs is 3. The lowest BCUT2D eigenvalue weighted by molar-refractivity contribution is 0.0693. The van der Waals surface area contributed by atoms with Gasteiger partial charge in [0.2, 0.25) is 0 Å². The average molecular weight is 229 g/mol. The zero-order chi connectivity index (χ0) is 12.0. The van der Waals surface area contributed by atoms with Crippen LogP contribution < -0.4 is 5.56 Å². The SMILES string of the molecule is O=C(O)c1ncn2c1[nH]c(=O)c1ccccc12. The van der Waals surface area contributed by atoms with Crippen LogP contribution in [0.1, 0.15) is 10.5 Å². The summed E-state index contributed by atoms with van der Waals surface area (Å²) in [7, 11) is 0. The van der Waals surface area contributed by atoms with Crippen molar-refractivity contribution < 1.29 is 9.90 Å². The maximum Gasteiger partial charge on any atom is 0.358 e. The van der Waals surface area contributed by atoms with Crippen molar-refractivity contribution in [1.82, 2.24) is 14.4 Å². The number of hydrogen-bond donors (Lipinski definition) is 2. The number of carboxylic acid groups (broad SMARTS) is 1. The van der Waals surface area contributed by atoms with E-state index in [1.165, 1.54) is 6.33 Å². The van der Waals surface area contributed by atoms with Gasteiger partial charge in [0.05, 0.1) is 10.9 Å². The zero-order valence-corrected chi connectivity index (χ0v) is 8.54. The summed E-state index contributed by atoms with van der Waals surface area (Å²) in [5.74, 6) is -1.17. The van der Waals surface area contributed by atoms with Crippen molar-refractivity contribution in [2.45, 2.75) is 0 Å². The Hall–Kier alpha value is -2.63. The molecule has 0 aliphatic rings. The van der Waals surface area contributed by atoms with Gasteiger partial charge >= 0.3 is 5.97 Å². The van der Waals surface area contributed by atoms with E-state index in [0.717, 1.165) is 0 Å². The lowest BCUT2D eigenvalue weighted by atomic mass is 10.2. The molecule has 0 unspecified atom stereocenters. The number of rotatable bonds is 1. The van der Waals surface area contributed by atoms with E-state index in [1.807, 2.05) is 0 Å². The van der Waals surface area contributed by atoms with Crippen molar-refractivity contribution in [2.24, 2.45) is 0 Å². The van der Waals surface area contributed by atoms with Gasteiger partial charge < -0.3 is 10.1 Å². The average Bonchev–Trinajstić information content (AvgIpc) is 2.73. The minimum atomic E-state index is -1.17. The van der Waals surface area contributed by atoms with Gasteiger partial charge in [0.25, 0.3) is 5.56 Å². The molecule has 0 saturated heterocycles. The van der Waals surface area contributed by atoms with Crippen LogP contribution in [0.4, 0.5) is 0 Å². The van der Waals surface area contributed by atoms with E-state index < -0.39 is 5.97 Å². The van der Waals surface area contributed by atoms with E-state index in [1.54, 1.807) is 28.7 Å². The van der Waals surface area contributed by atoms with E-state index in [2.05, 4.69) is 9.97 Å². The summed E-state index contributed by atoms with van der Waals surface area (Å²) in [6.07, 6.45) is 1.39. The quantitative estimate of drug-likeness (QED) is 0.648. The maximum atomic E-state index is 11.8. The third-order valence-corrected chi connectivity index (χ3v) is 2.61. The topological polar surface area (TPSA) is 87.5 Å². The predicted molar refractivity (Wildman–Crippen MR) is 60.3 cm³/mol. The second kappa shape index (κ2) is 3.18. The standard InChI is InChI=1S/C11H7N3O3/c15-10-6-3-1-2-4-7(6)14-5-12-8(11(16)17)9(14)13-10/h1-5H,(H,13,15)(H,16,17). The molecule has 0 aliphatic carbocycles. The summed E-state index contributed by atoms with van der Waals surface area (Å²) in [4.78, 5) is 29.0. The van der Waals surface area contributed by atoms with E-state index in [-0.39, 0.29) is 16.9 Å². The molecule has 2 heterocycles. The predicted octanol–water partition coefficient (Wildman–Crippen LogP) is 0.874. The molecule has 0 atom stereocenters. The molecule has 3 rings (SSSR count). The molecule has 0 fully saturated rings. The molecule has 2 N–H and O–H groups in total. The molecule has 17 heavy (non-hydrogen) atoms. The van der Waals surface area contributed by atoms with Crippen LogP contribution in [0.25, 0.3) is 16.6 Å². The van der Waals surface area contributed by atoms with E-state index in [9.17, 15) is 9.59 Å². The lowest BCUT2D eigenvalue weighted by Gasteiger charge is -2.00. The number of aromatic nitrogens is 3. The van der Waals surface area contributed by atoms with Crippen molar-refractivity contribution in [3.05, 3.63) is 46.6 Å². The highest BCUT2D eigenvalue weighted by molar-refractivity contribution is 5.94. The number of H-pyrrole nitrogens is 1. The molecule has 0 saturated carbocycles. The molecule has 0 radical (unpaired) electrons. The first-order chi connectivity index (χ1) is 8.18. The molecule has 0 spiro atoms. The number of nitrogens with one attached hydrogen (secondary N) is 1. The number of benzene rings is 1. The Kier molecular flexibility index (Phi) is 1.79. The molecule has 0 bridgehead atoms. The summed E-state index contributed by atoms with van der Waals surface area (Å²) in [6.45, 7) is 0. The van der Waals surface area contributed by atoms with Gasteiger partial charge in [-0.1, -0.05) is 12.1 Å². The van der Waals surface area contributed by atoms with Gasteiger partial charge in [0.1, 0.15) is 6.33 Å². The second-order valence-corrected chi connectivity index (χ2v) is 3.59. The van der Waals surface area contributed by atoms with Gasteiger partial charge in [-0.2, -0.15) is 0 Å². The fourth-order valence-corrected chi connectivity index (χ4v) is 1.86. The van der Waals surface area contributed by atoms with Gasteiger partial charge in [-0.15, -0.1) is 0 Å². The highest BCUT2D eigenvalue weighted by Crippen LogP contribution is 2.13. The Morgan fingerprint density at radius 2 is 2.12 bits per heavy atom. The molecule has 2 aromatic heterocycles. The second-order valence-electron chi connectivity index (χ2n) is 3.59. The molecule has 0 aliphatic heterocycles. The molecule has 1 aromatic carbocycles. The Bertz CT molecular complexity index is 800. The molecular formula is C11H7N3O3. The van der Waals surface area contributed by atoms with Gasteiger partial charge in [0.15, 0.2) is 11.3 Å². The van der Waals surface area contributed by atoms with Crippen molar-refractivity contribution in [2.75, 3.05) is 0 Å². The molecule has 6 heteroatoms. The first-order valence-electron chi connectivity index (χ1n) is 4.90. The summed E-state index contributed by atoms with van der Waals surface area (Å²) in [5, 5.41) is 9.43. The molecule has 3 aromatic rings. The first-order valence-corrected chi connectivity index (χ1v) is 4.90. The van der Waals surface area contributed by atoms with Crippen LogP contribution in [-0.2, 0) is 0 Å². The molecular weight excluding hydrogens is 222 g/mol. The Balaban J connectivity index is 2.59. The summed E-state index contributed by atoms with van der Waals surface area (Å²) in [6, 6.07) is 6.94. The van der Waals surface area contributed by atoms with Crippen LogP contribution in [0.3, 0.4) is 0 Å². The monoisotopic (exact) mass is 229 g/mol. The van der Waals surface area contributed by atoms with Crippen LogP contribution in [0.5, 0.6) is 0 Å². The number of aromatic amines is 1. The van der Waals surface area contributed by atoms with Gasteiger partial charge in [-0.25, -0.2) is 9.78 Å². The van der Waals surface area contributed by atoms with E-state index in [0.29, 0.717) is 10.9 Å². The van der Waals surface area contributed by atoms with Gasteiger partial charge in [-0.3, -0.25) is 9.20 Å². The van der Waals surface area contributed by atoms with Crippen molar-refractivity contribution in [1.29, 1.82) is 0 Å². The number of para-hydroxylation sites is 1. The number of hydrogen-bond acceptors (Lipinski definition) is 3. The molecule has 0 amide bonds. The van der Waals surface area contributed by atoms with Gasteiger partial charge in [0, 0.05) is 0 Å². The normalized spacial score (nSPS) is 11.1. The first kappa shape index (κ1) is 9.59. The Morgan fingerprint density at radius 1 is 1.35 bits per heavy atom. The fourth-order valence-electron chi connectivity index (χ4n) is 1.86. The fraction of sp³-hybridized carbons (Fsp3) is 0. The zero-order valence-electron chi connectivity index (χ0n) is 8.54. The van der Waals surface area contributed by atoms with Crippen molar-refractivity contribution >= 4 is 22.5 Å². The minimum absolute atomic E-state index is 0.159. The number of carbonyl (C=O) groups is 1. The summed E-state index contributed by atoms with van der Waals surface area (Å²) in [5.41, 5.74) is 0.344. The summed E-state index contributed by atoms with van der Waals surface area (Å²) >= 11 is 0. The number of imidazole rings is 1. The number of carboxylic acids is 1. The van der Waals surface area contributed by atoms with Crippen LogP contribution in [0.2, 0.25) is 0 Å². The highest BCUT2D eigenvalue weighted by atomic mass is 16.4. The minimum Gasteiger partial charge on any atom is -0.476 e. The molecule has 84 valence electrons. The van der Waals surface area contributed by atoms with Crippen LogP contribution in [0, 0.1) is 0 Å². The highest BCUT2D eigenvalue weighted by Gasteiger charge is 2.14. The lowest BCUT2D eigenvalue weighted by Crippen LogP contribution is -2.11. The van der Waals surface area contributed by atoms with Crippen LogP contribution in [-0.4, -0.2) is 25.4 Å². The van der Waals surface area contributed by atoms with Crippen molar-refractivity contribution in [3.63, 3.8) is 0 Å². The Morgan fingerprint density at radius 3 is 2.88 bits per heavy atom. The van der Waals surface area contributed by atoms with Gasteiger partial charge in [-0.05, 0) is 12.1 Å². The maximum absolute atomic E-state index is 11.8. The van der Waals surface area contributed by atoms with E-state index in [4.69, 9.17) is 5.11 Å². The van der Waals surface area contributed by atoms with Crippen LogP contribution in [0.15, 0.2) is 35.4 Å². The number of nitrogens with zero attached hydrogens (tertiary/aromatic N) is 2. The Labute approximate surface area is 94.2 Å². The largest absolute Gasteiger partial charge is 0.476 e. The number of aromatic carboxylic acids is 1. The van der Waals surface area contributed by atoms with Crippen molar-refractivity contribution in [3.8, 4) is 0 Å². The third-order valence-electron chi connectivity index (χ3n) is 2.61. The molecule has 6 nitrogen and oxygen atoms in total. The third kappa shape index (κ3) is 1.24. The van der Waals surface area contributed by atoms with Crippen LogP contribution >= 0.6 is 0 Å². The smallest absolute Gasteiger partial charge is 0.358 e.